The topological polar surface area (TPSA) is 128 Å². The Balaban J connectivity index is 1.67. The Kier molecular flexibility index (Phi) is 7.37. The first-order chi connectivity index (χ1) is 17.7. The molecule has 0 atom stereocenters. The van der Waals surface area contributed by atoms with Crippen LogP contribution in [-0.4, -0.2) is 30.2 Å². The van der Waals surface area contributed by atoms with Gasteiger partial charge in [-0.05, 0) is 30.7 Å². The molecule has 0 aliphatic heterocycles. The Hall–Kier alpha value is -4.87. The summed E-state index contributed by atoms with van der Waals surface area (Å²) in [4.78, 5) is 44.3. The van der Waals surface area contributed by atoms with Gasteiger partial charge in [0.25, 0.3) is 0 Å². The monoisotopic (exact) mass is 509 g/mol. The first-order valence-corrected chi connectivity index (χ1v) is 11.0. The number of aliphatic carboxylic acids is 1. The molecule has 2 N–H and O–H groups in total. The zero-order valence-electron chi connectivity index (χ0n) is 19.5. The highest BCUT2D eigenvalue weighted by Crippen LogP contribution is 2.26. The summed E-state index contributed by atoms with van der Waals surface area (Å²) in [5.74, 6) is -2.89. The van der Waals surface area contributed by atoms with Crippen molar-refractivity contribution in [1.82, 2.24) is 19.1 Å². The fraction of sp³-hybridized carbons (Fsp3) is 0.160. The molecule has 0 bridgehead atoms. The van der Waals surface area contributed by atoms with Crippen LogP contribution in [-0.2, 0) is 17.9 Å². The van der Waals surface area contributed by atoms with E-state index in [1.165, 1.54) is 22.8 Å². The molecule has 0 saturated heterocycles. The summed E-state index contributed by atoms with van der Waals surface area (Å²) in [5.41, 5.74) is 0.170. The van der Waals surface area contributed by atoms with Gasteiger partial charge in [0, 0.05) is 24.4 Å². The van der Waals surface area contributed by atoms with E-state index in [-0.39, 0.29) is 36.4 Å². The number of anilines is 2. The number of rotatable bonds is 9. The minimum absolute atomic E-state index is 0.0143. The molecule has 4 aromatic rings. The minimum Gasteiger partial charge on any atom is -0.481 e. The number of hydrogen-bond donors (Lipinski definition) is 2. The van der Waals surface area contributed by atoms with E-state index in [1.54, 1.807) is 12.1 Å². The number of halogens is 2. The van der Waals surface area contributed by atoms with E-state index in [0.717, 1.165) is 34.0 Å². The molecule has 2 aromatic heterocycles. The minimum atomic E-state index is -1.17. The number of carbonyl (C=O) groups is 1. The zero-order valence-corrected chi connectivity index (χ0v) is 19.5. The first-order valence-electron chi connectivity index (χ1n) is 11.0. The van der Waals surface area contributed by atoms with Crippen molar-refractivity contribution in [2.24, 2.45) is 0 Å². The van der Waals surface area contributed by atoms with Crippen molar-refractivity contribution in [3.8, 4) is 11.6 Å². The number of carboxylic acids is 1. The van der Waals surface area contributed by atoms with Crippen molar-refractivity contribution in [3.63, 3.8) is 0 Å². The van der Waals surface area contributed by atoms with E-state index >= 15 is 0 Å². The fourth-order valence-corrected chi connectivity index (χ4v) is 3.37. The van der Waals surface area contributed by atoms with Crippen molar-refractivity contribution in [3.05, 3.63) is 105 Å². The van der Waals surface area contributed by atoms with Crippen LogP contribution in [0.1, 0.15) is 17.5 Å². The van der Waals surface area contributed by atoms with E-state index in [4.69, 9.17) is 9.84 Å². The summed E-state index contributed by atoms with van der Waals surface area (Å²) >= 11 is 0. The number of aryl methyl sites for hydroxylation is 1. The lowest BCUT2D eigenvalue weighted by atomic mass is 10.1. The number of aromatic nitrogens is 4. The summed E-state index contributed by atoms with van der Waals surface area (Å²) in [7, 11) is 0. The van der Waals surface area contributed by atoms with Crippen LogP contribution in [0, 0.1) is 18.6 Å². The molecule has 10 nitrogen and oxygen atoms in total. The second-order valence-electron chi connectivity index (χ2n) is 8.05. The van der Waals surface area contributed by atoms with Crippen LogP contribution < -0.4 is 21.4 Å². The largest absolute Gasteiger partial charge is 0.481 e. The molecule has 0 spiro atoms. The molecule has 0 amide bonds. The Bertz CT molecular complexity index is 1550. The predicted molar refractivity (Wildman–Crippen MR) is 129 cm³/mol. The van der Waals surface area contributed by atoms with Gasteiger partial charge >= 0.3 is 17.3 Å². The molecule has 0 aliphatic carbocycles. The number of hydrogen-bond acceptors (Lipinski definition) is 7. The van der Waals surface area contributed by atoms with Crippen LogP contribution in [0.3, 0.4) is 0 Å². The van der Waals surface area contributed by atoms with Crippen LogP contribution in [0.4, 0.5) is 20.4 Å². The summed E-state index contributed by atoms with van der Waals surface area (Å²) in [6, 6.07) is 13.5. The quantitative estimate of drug-likeness (QED) is 0.351. The van der Waals surface area contributed by atoms with Crippen molar-refractivity contribution in [1.29, 1.82) is 0 Å². The van der Waals surface area contributed by atoms with Gasteiger partial charge < -0.3 is 15.2 Å². The van der Waals surface area contributed by atoms with E-state index in [9.17, 15) is 23.2 Å². The van der Waals surface area contributed by atoms with Crippen LogP contribution in [0.25, 0.3) is 0 Å². The maximum Gasteiger partial charge on any atom is 0.354 e. The molecule has 4 rings (SSSR count). The summed E-state index contributed by atoms with van der Waals surface area (Å²) in [5, 5.41) is 11.7. The van der Waals surface area contributed by atoms with Gasteiger partial charge in [0.2, 0.25) is 11.8 Å². The summed E-state index contributed by atoms with van der Waals surface area (Å²) < 4.78 is 35.0. The molecule has 0 unspecified atom stereocenters. The van der Waals surface area contributed by atoms with Gasteiger partial charge in [0.05, 0.1) is 19.2 Å². The van der Waals surface area contributed by atoms with Crippen molar-refractivity contribution in [2.75, 3.05) is 5.32 Å². The number of benzene rings is 2. The second-order valence-corrected chi connectivity index (χ2v) is 8.05. The molecule has 12 heteroatoms. The molecule has 0 saturated carbocycles. The number of pyridine rings is 1. The normalized spacial score (nSPS) is 10.8. The van der Waals surface area contributed by atoms with Crippen molar-refractivity contribution < 1.29 is 23.4 Å². The van der Waals surface area contributed by atoms with Crippen LogP contribution in [0.2, 0.25) is 0 Å². The van der Waals surface area contributed by atoms with E-state index in [0.29, 0.717) is 0 Å². The van der Waals surface area contributed by atoms with Crippen molar-refractivity contribution >= 4 is 17.6 Å². The Labute approximate surface area is 208 Å². The van der Waals surface area contributed by atoms with E-state index in [2.05, 4.69) is 15.3 Å². The number of carboxylic acid groups (broad SMARTS) is 1. The predicted octanol–water partition coefficient (Wildman–Crippen LogP) is 3.45. The molecule has 0 fully saturated rings. The highest BCUT2D eigenvalue weighted by molar-refractivity contribution is 5.66. The Morgan fingerprint density at radius 1 is 1.05 bits per heavy atom. The van der Waals surface area contributed by atoms with E-state index < -0.39 is 35.4 Å². The third kappa shape index (κ3) is 6.23. The number of nitrogens with one attached hydrogen (secondary N) is 1. The number of nitrogens with zero attached hydrogens (tertiary/aromatic N) is 4. The van der Waals surface area contributed by atoms with Crippen LogP contribution in [0.5, 0.6) is 11.6 Å². The standard InChI is InChI=1S/C25H21F2N5O5/c1-15-2-4-16(5-3-15)14-32-23(30-24(35)31(25(32)36)11-10-22(33)34)29-18-7-8-20(19(27)12-18)37-21-9-6-17(26)13-28-21/h2-9,12-13H,10-11,14H2,1H3,(H,33,34)(H,29,30,35). The van der Waals surface area contributed by atoms with Gasteiger partial charge in [-0.25, -0.2) is 27.9 Å². The lowest BCUT2D eigenvalue weighted by molar-refractivity contribution is -0.137. The Morgan fingerprint density at radius 2 is 1.81 bits per heavy atom. The molecule has 2 heterocycles. The third-order valence-corrected chi connectivity index (χ3v) is 5.26. The highest BCUT2D eigenvalue weighted by Gasteiger charge is 2.16. The van der Waals surface area contributed by atoms with Crippen LogP contribution >= 0.6 is 0 Å². The molecular weight excluding hydrogens is 488 g/mol. The summed E-state index contributed by atoms with van der Waals surface area (Å²) in [6.07, 6.45) is 0.491. The molecule has 2 aromatic carbocycles. The maximum atomic E-state index is 14.7. The smallest absolute Gasteiger partial charge is 0.354 e. The van der Waals surface area contributed by atoms with Crippen LogP contribution in [0.15, 0.2) is 70.4 Å². The Morgan fingerprint density at radius 3 is 2.46 bits per heavy atom. The average molecular weight is 509 g/mol. The van der Waals surface area contributed by atoms with Gasteiger partial charge in [-0.1, -0.05) is 29.8 Å². The van der Waals surface area contributed by atoms with Gasteiger partial charge in [-0.2, -0.15) is 4.98 Å². The lowest BCUT2D eigenvalue weighted by Gasteiger charge is -2.16. The molecular formula is C25H21F2N5O5. The third-order valence-electron chi connectivity index (χ3n) is 5.26. The molecule has 37 heavy (non-hydrogen) atoms. The summed E-state index contributed by atoms with van der Waals surface area (Å²) in [6.45, 7) is 1.57. The van der Waals surface area contributed by atoms with Gasteiger partial charge in [-0.3, -0.25) is 9.36 Å². The fourth-order valence-electron chi connectivity index (χ4n) is 3.37. The van der Waals surface area contributed by atoms with Crippen molar-refractivity contribution in [2.45, 2.75) is 26.4 Å². The van der Waals surface area contributed by atoms with Gasteiger partial charge in [0.15, 0.2) is 11.6 Å². The highest BCUT2D eigenvalue weighted by atomic mass is 19.1. The first kappa shape index (κ1) is 25.2. The van der Waals surface area contributed by atoms with Gasteiger partial charge in [0.1, 0.15) is 5.82 Å². The SMILES string of the molecule is Cc1ccc(Cn2c(Nc3ccc(Oc4ccc(F)cn4)c(F)c3)nc(=O)n(CCC(=O)O)c2=O)cc1. The molecule has 0 aliphatic rings. The maximum absolute atomic E-state index is 14.7. The molecule has 0 radical (unpaired) electrons. The van der Waals surface area contributed by atoms with Gasteiger partial charge in [-0.15, -0.1) is 0 Å². The van der Waals surface area contributed by atoms with E-state index in [1.807, 2.05) is 19.1 Å². The zero-order chi connectivity index (χ0) is 26.5. The number of ether oxygens (including phenoxy) is 1. The lowest BCUT2D eigenvalue weighted by Crippen LogP contribution is -2.43. The second kappa shape index (κ2) is 10.8. The average Bonchev–Trinajstić information content (AvgIpc) is 2.85. The molecule has 190 valence electrons.